The van der Waals surface area contributed by atoms with Crippen LogP contribution in [0.15, 0.2) is 16.6 Å². The summed E-state index contributed by atoms with van der Waals surface area (Å²) in [7, 11) is 1.27. The summed E-state index contributed by atoms with van der Waals surface area (Å²) in [5.74, 6) is -1.05. The largest absolute Gasteiger partial charge is 0.469 e. The Bertz CT molecular complexity index is 440. The molecule has 0 aromatic heterocycles. The van der Waals surface area contributed by atoms with E-state index in [1.165, 1.54) is 19.2 Å². The van der Waals surface area contributed by atoms with E-state index >= 15 is 0 Å². The number of nitriles is 1. The van der Waals surface area contributed by atoms with Crippen molar-refractivity contribution in [3.05, 3.63) is 33.5 Å². The highest BCUT2D eigenvalue weighted by atomic mass is 79.9. The predicted molar refractivity (Wildman–Crippen MR) is 54.5 cm³/mol. The lowest BCUT2D eigenvalue weighted by Crippen LogP contribution is -2.05. The Kier molecular flexibility index (Phi) is 3.81. The van der Waals surface area contributed by atoms with Crippen molar-refractivity contribution < 1.29 is 13.9 Å². The van der Waals surface area contributed by atoms with Crippen LogP contribution in [0.2, 0.25) is 0 Å². The third kappa shape index (κ3) is 2.77. The highest BCUT2D eigenvalue weighted by molar-refractivity contribution is 9.10. The second-order valence-electron chi connectivity index (χ2n) is 2.80. The number of carbonyl (C=O) groups excluding carboxylic acids is 1. The molecule has 1 aromatic carbocycles. The summed E-state index contributed by atoms with van der Waals surface area (Å²) < 4.78 is 17.8. The van der Waals surface area contributed by atoms with Crippen LogP contribution in [0.1, 0.15) is 11.1 Å². The van der Waals surface area contributed by atoms with Crippen molar-refractivity contribution in [2.24, 2.45) is 0 Å². The Morgan fingerprint density at radius 2 is 2.33 bits per heavy atom. The van der Waals surface area contributed by atoms with E-state index in [4.69, 9.17) is 5.26 Å². The van der Waals surface area contributed by atoms with Crippen molar-refractivity contribution in [3.8, 4) is 6.07 Å². The molecule has 0 bridgehead atoms. The van der Waals surface area contributed by atoms with Gasteiger partial charge in [0.15, 0.2) is 5.82 Å². The Morgan fingerprint density at radius 3 is 2.87 bits per heavy atom. The van der Waals surface area contributed by atoms with Gasteiger partial charge in [-0.2, -0.15) is 5.26 Å². The molecule has 0 saturated carbocycles. The van der Waals surface area contributed by atoms with E-state index in [2.05, 4.69) is 20.7 Å². The third-order valence-electron chi connectivity index (χ3n) is 1.78. The molecule has 0 aliphatic carbocycles. The van der Waals surface area contributed by atoms with Gasteiger partial charge in [0.2, 0.25) is 0 Å². The highest BCUT2D eigenvalue weighted by Gasteiger charge is 2.11. The molecule has 0 amide bonds. The first-order chi connectivity index (χ1) is 7.08. The van der Waals surface area contributed by atoms with Crippen LogP contribution in [0.3, 0.4) is 0 Å². The number of rotatable bonds is 2. The summed E-state index contributed by atoms with van der Waals surface area (Å²) in [6.07, 6.45) is 0.0179. The molecule has 0 saturated heterocycles. The van der Waals surface area contributed by atoms with Crippen molar-refractivity contribution >= 4 is 21.9 Å². The summed E-state index contributed by atoms with van der Waals surface area (Å²) in [5, 5.41) is 8.63. The number of hydrogen-bond donors (Lipinski definition) is 0. The molecule has 5 heteroatoms. The molecule has 1 rings (SSSR count). The summed E-state index contributed by atoms with van der Waals surface area (Å²) in [4.78, 5) is 11.0. The lowest BCUT2D eigenvalue weighted by molar-refractivity contribution is -0.139. The number of ether oxygens (including phenoxy) is 1. The second kappa shape index (κ2) is 4.89. The smallest absolute Gasteiger partial charge is 0.309 e. The molecule has 0 radical (unpaired) electrons. The number of benzene rings is 1. The first-order valence-electron chi connectivity index (χ1n) is 4.03. The standard InChI is InChI=1S/C10H7BrFNO2/c1-15-9(14)4-6-2-7(5-13)10(12)8(11)3-6/h2-3H,4H2,1H3. The Balaban J connectivity index is 3.07. The van der Waals surface area contributed by atoms with Gasteiger partial charge in [0.25, 0.3) is 0 Å². The Labute approximate surface area is 94.6 Å². The first-order valence-corrected chi connectivity index (χ1v) is 4.82. The van der Waals surface area contributed by atoms with Crippen LogP contribution in [0.5, 0.6) is 0 Å². The molecule has 0 aliphatic rings. The molecule has 0 aliphatic heterocycles. The van der Waals surface area contributed by atoms with Crippen molar-refractivity contribution in [2.75, 3.05) is 7.11 Å². The molecule has 0 N–H and O–H groups in total. The third-order valence-corrected chi connectivity index (χ3v) is 2.36. The maximum atomic E-state index is 13.2. The van der Waals surface area contributed by atoms with E-state index < -0.39 is 11.8 Å². The van der Waals surface area contributed by atoms with Crippen molar-refractivity contribution in [1.29, 1.82) is 5.26 Å². The van der Waals surface area contributed by atoms with E-state index in [0.717, 1.165) is 0 Å². The Hall–Kier alpha value is -1.41. The molecule has 0 spiro atoms. The van der Waals surface area contributed by atoms with Gasteiger partial charge in [-0.05, 0) is 33.6 Å². The highest BCUT2D eigenvalue weighted by Crippen LogP contribution is 2.21. The minimum Gasteiger partial charge on any atom is -0.469 e. The number of nitrogens with zero attached hydrogens (tertiary/aromatic N) is 1. The lowest BCUT2D eigenvalue weighted by atomic mass is 10.1. The first kappa shape index (κ1) is 11.7. The zero-order chi connectivity index (χ0) is 11.4. The van der Waals surface area contributed by atoms with Gasteiger partial charge in [-0.1, -0.05) is 0 Å². The van der Waals surface area contributed by atoms with Gasteiger partial charge in [0, 0.05) is 0 Å². The summed E-state index contributed by atoms with van der Waals surface area (Å²) >= 11 is 2.97. The van der Waals surface area contributed by atoms with Crippen LogP contribution in [0.25, 0.3) is 0 Å². The van der Waals surface area contributed by atoms with Crippen LogP contribution in [-0.2, 0) is 16.0 Å². The van der Waals surface area contributed by atoms with Crippen molar-refractivity contribution in [2.45, 2.75) is 6.42 Å². The minimum atomic E-state index is -0.619. The number of carbonyl (C=O) groups is 1. The number of halogens is 2. The normalized spacial score (nSPS) is 9.47. The fourth-order valence-electron chi connectivity index (χ4n) is 1.07. The average Bonchev–Trinajstić information content (AvgIpc) is 2.22. The molecular weight excluding hydrogens is 265 g/mol. The van der Waals surface area contributed by atoms with Gasteiger partial charge in [-0.3, -0.25) is 4.79 Å². The van der Waals surface area contributed by atoms with Crippen LogP contribution < -0.4 is 0 Å². The molecule has 3 nitrogen and oxygen atoms in total. The maximum absolute atomic E-state index is 13.2. The molecule has 78 valence electrons. The number of methoxy groups -OCH3 is 1. The van der Waals surface area contributed by atoms with Crippen molar-refractivity contribution in [1.82, 2.24) is 0 Å². The monoisotopic (exact) mass is 271 g/mol. The van der Waals surface area contributed by atoms with Crippen molar-refractivity contribution in [3.63, 3.8) is 0 Å². The second-order valence-corrected chi connectivity index (χ2v) is 3.66. The predicted octanol–water partition coefficient (Wildman–Crippen LogP) is 2.18. The van der Waals surface area contributed by atoms with Crippen LogP contribution in [-0.4, -0.2) is 13.1 Å². The number of esters is 1. The van der Waals surface area contributed by atoms with Gasteiger partial charge in [-0.25, -0.2) is 4.39 Å². The molecule has 0 atom stereocenters. The van der Waals surface area contributed by atoms with E-state index in [1.54, 1.807) is 6.07 Å². The summed E-state index contributed by atoms with van der Waals surface area (Å²) in [5.41, 5.74) is 0.440. The zero-order valence-electron chi connectivity index (χ0n) is 7.88. The average molecular weight is 272 g/mol. The van der Waals surface area contributed by atoms with E-state index in [1.807, 2.05) is 0 Å². The fraction of sp³-hybridized carbons (Fsp3) is 0.200. The van der Waals surface area contributed by atoms with E-state index in [0.29, 0.717) is 5.56 Å². The molecule has 1 aromatic rings. The topological polar surface area (TPSA) is 50.1 Å². The molecule has 0 fully saturated rings. The SMILES string of the molecule is COC(=O)Cc1cc(Br)c(F)c(C#N)c1. The molecular formula is C10H7BrFNO2. The van der Waals surface area contributed by atoms with Crippen LogP contribution in [0, 0.1) is 17.1 Å². The zero-order valence-corrected chi connectivity index (χ0v) is 9.47. The molecule has 0 heterocycles. The summed E-state index contributed by atoms with van der Waals surface area (Å²) in [6.45, 7) is 0. The van der Waals surface area contributed by atoms with Gasteiger partial charge < -0.3 is 4.74 Å². The van der Waals surface area contributed by atoms with Gasteiger partial charge in [-0.15, -0.1) is 0 Å². The van der Waals surface area contributed by atoms with Crippen LogP contribution in [0.4, 0.5) is 4.39 Å². The fourth-order valence-corrected chi connectivity index (χ4v) is 1.58. The summed E-state index contributed by atoms with van der Waals surface area (Å²) in [6, 6.07) is 4.49. The Morgan fingerprint density at radius 1 is 1.67 bits per heavy atom. The number of hydrogen-bond acceptors (Lipinski definition) is 3. The van der Waals surface area contributed by atoms with Gasteiger partial charge >= 0.3 is 5.97 Å². The lowest BCUT2D eigenvalue weighted by Gasteiger charge is -2.03. The maximum Gasteiger partial charge on any atom is 0.309 e. The quantitative estimate of drug-likeness (QED) is 0.775. The van der Waals surface area contributed by atoms with E-state index in [9.17, 15) is 9.18 Å². The van der Waals surface area contributed by atoms with Gasteiger partial charge in [0.05, 0.1) is 23.6 Å². The minimum absolute atomic E-state index is 0.0179. The van der Waals surface area contributed by atoms with Gasteiger partial charge in [0.1, 0.15) is 6.07 Å². The molecule has 0 unspecified atom stereocenters. The van der Waals surface area contributed by atoms with E-state index in [-0.39, 0.29) is 16.5 Å². The van der Waals surface area contributed by atoms with Crippen LogP contribution >= 0.6 is 15.9 Å². The molecule has 15 heavy (non-hydrogen) atoms.